The van der Waals surface area contributed by atoms with Gasteiger partial charge in [-0.1, -0.05) is 32.1 Å². The molecule has 1 fully saturated rings. The summed E-state index contributed by atoms with van der Waals surface area (Å²) >= 11 is 0. The molecule has 0 spiro atoms. The summed E-state index contributed by atoms with van der Waals surface area (Å²) in [7, 11) is 0. The van der Waals surface area contributed by atoms with E-state index in [0.29, 0.717) is 11.8 Å². The van der Waals surface area contributed by atoms with Gasteiger partial charge in [0.1, 0.15) is 0 Å². The van der Waals surface area contributed by atoms with Crippen LogP contribution in [0.5, 0.6) is 0 Å². The smallest absolute Gasteiger partial charge is 0.0918 e. The first-order chi connectivity index (χ1) is 5.54. The standard InChI is InChI=1S/C11H16O/c1-4-11(12)9-7-5-6-8(9)10(11,2)3/h4-6,8-9,12H,1,7H2,2-3H3/t8-,9+,11+/m1/s1. The van der Waals surface area contributed by atoms with E-state index in [2.05, 4.69) is 32.6 Å². The first-order valence-electron chi connectivity index (χ1n) is 4.56. The molecule has 2 aliphatic carbocycles. The third kappa shape index (κ3) is 0.601. The Kier molecular flexibility index (Phi) is 1.36. The predicted molar refractivity (Wildman–Crippen MR) is 49.7 cm³/mol. The lowest BCUT2D eigenvalue weighted by Crippen LogP contribution is -2.65. The number of aliphatic hydroxyl groups is 1. The summed E-state index contributed by atoms with van der Waals surface area (Å²) in [5.74, 6) is 0.950. The molecule has 0 bridgehead atoms. The average molecular weight is 164 g/mol. The highest BCUT2D eigenvalue weighted by Crippen LogP contribution is 2.63. The molecule has 0 aromatic rings. The molecule has 1 heteroatoms. The van der Waals surface area contributed by atoms with Gasteiger partial charge in [0.15, 0.2) is 0 Å². The summed E-state index contributed by atoms with van der Waals surface area (Å²) in [4.78, 5) is 0. The van der Waals surface area contributed by atoms with Crippen molar-refractivity contribution in [3.05, 3.63) is 24.8 Å². The minimum atomic E-state index is -0.638. The highest BCUT2D eigenvalue weighted by Gasteiger charge is 2.64. The lowest BCUT2D eigenvalue weighted by molar-refractivity contribution is -0.193. The maximum absolute atomic E-state index is 10.3. The van der Waals surface area contributed by atoms with Crippen molar-refractivity contribution in [1.29, 1.82) is 0 Å². The van der Waals surface area contributed by atoms with Crippen LogP contribution in [0.15, 0.2) is 24.8 Å². The highest BCUT2D eigenvalue weighted by molar-refractivity contribution is 5.29. The van der Waals surface area contributed by atoms with Crippen LogP contribution >= 0.6 is 0 Å². The second kappa shape index (κ2) is 2.02. The molecule has 0 aromatic heterocycles. The Morgan fingerprint density at radius 2 is 2.25 bits per heavy atom. The number of allylic oxidation sites excluding steroid dienone is 2. The number of hydrogen-bond acceptors (Lipinski definition) is 1. The van der Waals surface area contributed by atoms with Crippen molar-refractivity contribution in [2.75, 3.05) is 0 Å². The van der Waals surface area contributed by atoms with Crippen molar-refractivity contribution >= 4 is 0 Å². The molecule has 1 nitrogen and oxygen atoms in total. The molecule has 2 aliphatic rings. The van der Waals surface area contributed by atoms with Crippen LogP contribution in [0.4, 0.5) is 0 Å². The van der Waals surface area contributed by atoms with Crippen LogP contribution in [0.25, 0.3) is 0 Å². The van der Waals surface area contributed by atoms with E-state index < -0.39 is 5.60 Å². The first-order valence-corrected chi connectivity index (χ1v) is 4.56. The molecule has 0 unspecified atom stereocenters. The first kappa shape index (κ1) is 8.06. The summed E-state index contributed by atoms with van der Waals surface area (Å²) in [6.45, 7) is 7.97. The Bertz CT molecular complexity index is 252. The van der Waals surface area contributed by atoms with E-state index in [-0.39, 0.29) is 5.41 Å². The molecule has 1 N–H and O–H groups in total. The van der Waals surface area contributed by atoms with Gasteiger partial charge in [0, 0.05) is 11.3 Å². The minimum absolute atomic E-state index is 0.0214. The van der Waals surface area contributed by atoms with E-state index >= 15 is 0 Å². The lowest BCUT2D eigenvalue weighted by Gasteiger charge is -2.61. The minimum Gasteiger partial charge on any atom is -0.385 e. The van der Waals surface area contributed by atoms with Gasteiger partial charge in [-0.25, -0.2) is 0 Å². The molecular formula is C11H16O. The Morgan fingerprint density at radius 3 is 2.83 bits per heavy atom. The monoisotopic (exact) mass is 164 g/mol. The molecule has 3 atom stereocenters. The van der Waals surface area contributed by atoms with Gasteiger partial charge < -0.3 is 5.11 Å². The average Bonchev–Trinajstić information content (AvgIpc) is 2.49. The van der Waals surface area contributed by atoms with E-state index in [1.54, 1.807) is 6.08 Å². The van der Waals surface area contributed by atoms with Crippen LogP contribution in [0.2, 0.25) is 0 Å². The molecular weight excluding hydrogens is 148 g/mol. The summed E-state index contributed by atoms with van der Waals surface area (Å²) in [6, 6.07) is 0. The lowest BCUT2D eigenvalue weighted by atomic mass is 9.46. The second-order valence-corrected chi connectivity index (χ2v) is 4.55. The fraction of sp³-hybridized carbons (Fsp3) is 0.636. The van der Waals surface area contributed by atoms with Gasteiger partial charge in [-0.2, -0.15) is 0 Å². The van der Waals surface area contributed by atoms with Crippen LogP contribution in [-0.4, -0.2) is 10.7 Å². The van der Waals surface area contributed by atoms with Crippen molar-refractivity contribution in [3.63, 3.8) is 0 Å². The molecule has 1 saturated carbocycles. The van der Waals surface area contributed by atoms with E-state index in [0.717, 1.165) is 6.42 Å². The van der Waals surface area contributed by atoms with E-state index in [1.807, 2.05) is 0 Å². The van der Waals surface area contributed by atoms with Crippen molar-refractivity contribution in [3.8, 4) is 0 Å². The van der Waals surface area contributed by atoms with Gasteiger partial charge in [0.25, 0.3) is 0 Å². The predicted octanol–water partition coefficient (Wildman–Crippen LogP) is 2.14. The van der Waals surface area contributed by atoms with Crippen molar-refractivity contribution in [2.45, 2.75) is 25.9 Å². The second-order valence-electron chi connectivity index (χ2n) is 4.55. The van der Waals surface area contributed by atoms with Gasteiger partial charge in [-0.3, -0.25) is 0 Å². The van der Waals surface area contributed by atoms with Crippen LogP contribution in [0.1, 0.15) is 20.3 Å². The van der Waals surface area contributed by atoms with E-state index in [4.69, 9.17) is 0 Å². The van der Waals surface area contributed by atoms with Crippen molar-refractivity contribution < 1.29 is 5.11 Å². The SMILES string of the molecule is C=C[C@]1(O)[C@H]2CC=C[C@H]2C1(C)C. The molecule has 66 valence electrons. The third-order valence-electron chi connectivity index (χ3n) is 3.91. The normalized spacial score (nSPS) is 48.2. The van der Waals surface area contributed by atoms with Crippen LogP contribution in [0, 0.1) is 17.3 Å². The summed E-state index contributed by atoms with van der Waals surface area (Å²) in [5.41, 5.74) is -0.659. The molecule has 0 aliphatic heterocycles. The molecule has 2 rings (SSSR count). The van der Waals surface area contributed by atoms with Crippen LogP contribution in [0.3, 0.4) is 0 Å². The van der Waals surface area contributed by atoms with Crippen molar-refractivity contribution in [1.82, 2.24) is 0 Å². The number of rotatable bonds is 1. The fourth-order valence-corrected chi connectivity index (χ4v) is 2.91. The van der Waals surface area contributed by atoms with Crippen molar-refractivity contribution in [2.24, 2.45) is 17.3 Å². The zero-order valence-electron chi connectivity index (χ0n) is 7.75. The Hall–Kier alpha value is -0.560. The number of hydrogen-bond donors (Lipinski definition) is 1. The summed E-state index contributed by atoms with van der Waals surface area (Å²) in [6.07, 6.45) is 7.15. The Labute approximate surface area is 73.8 Å². The van der Waals surface area contributed by atoms with Gasteiger partial charge in [-0.05, 0) is 12.3 Å². The molecule has 0 aromatic carbocycles. The summed E-state index contributed by atoms with van der Waals surface area (Å²) in [5, 5.41) is 10.3. The van der Waals surface area contributed by atoms with Crippen LogP contribution < -0.4 is 0 Å². The van der Waals surface area contributed by atoms with E-state index in [1.165, 1.54) is 0 Å². The fourth-order valence-electron chi connectivity index (χ4n) is 2.91. The molecule has 0 radical (unpaired) electrons. The zero-order chi connectivity index (χ0) is 8.98. The Balaban J connectivity index is 2.35. The molecule has 12 heavy (non-hydrogen) atoms. The van der Waals surface area contributed by atoms with Gasteiger partial charge in [0.05, 0.1) is 5.60 Å². The van der Waals surface area contributed by atoms with Gasteiger partial charge in [-0.15, -0.1) is 6.58 Å². The van der Waals surface area contributed by atoms with Gasteiger partial charge in [0.2, 0.25) is 0 Å². The van der Waals surface area contributed by atoms with Gasteiger partial charge >= 0.3 is 0 Å². The largest absolute Gasteiger partial charge is 0.385 e. The molecule has 0 heterocycles. The molecule has 0 saturated heterocycles. The number of fused-ring (bicyclic) bond motifs is 1. The van der Waals surface area contributed by atoms with E-state index in [9.17, 15) is 5.11 Å². The Morgan fingerprint density at radius 1 is 1.58 bits per heavy atom. The quantitative estimate of drug-likeness (QED) is 0.589. The maximum Gasteiger partial charge on any atom is 0.0918 e. The topological polar surface area (TPSA) is 20.2 Å². The third-order valence-corrected chi connectivity index (χ3v) is 3.91. The molecule has 0 amide bonds. The zero-order valence-corrected chi connectivity index (χ0v) is 7.75. The maximum atomic E-state index is 10.3. The van der Waals surface area contributed by atoms with Crippen LogP contribution in [-0.2, 0) is 0 Å². The highest BCUT2D eigenvalue weighted by atomic mass is 16.3. The summed E-state index contributed by atoms with van der Waals surface area (Å²) < 4.78 is 0.